The van der Waals surface area contributed by atoms with Gasteiger partial charge in [-0.1, -0.05) is 6.92 Å². The first-order valence-electron chi connectivity index (χ1n) is 7.97. The molecule has 2 fully saturated rings. The van der Waals surface area contributed by atoms with Crippen LogP contribution in [0.25, 0.3) is 0 Å². The average Bonchev–Trinajstić information content (AvgIpc) is 2.93. The van der Waals surface area contributed by atoms with Gasteiger partial charge in [-0.05, 0) is 31.7 Å². The van der Waals surface area contributed by atoms with Crippen molar-refractivity contribution in [3.8, 4) is 0 Å². The number of rotatable bonds is 4. The molecule has 6 nitrogen and oxygen atoms in total. The van der Waals surface area contributed by atoms with Crippen molar-refractivity contribution < 1.29 is 14.7 Å². The maximum atomic E-state index is 12.5. The van der Waals surface area contributed by atoms with E-state index in [0.29, 0.717) is 19.1 Å². The number of hydrogen-bond acceptors (Lipinski definition) is 3. The summed E-state index contributed by atoms with van der Waals surface area (Å²) in [5.74, 6) is -0.656. The number of nitrogens with zero attached hydrogens (tertiary/aromatic N) is 3. The molecule has 0 bridgehead atoms. The molecular weight excluding hydrogens is 270 g/mol. The Bertz CT molecular complexity index is 380. The number of carboxylic acid groups (broad SMARTS) is 1. The minimum atomic E-state index is -0.769. The molecule has 1 atom stereocenters. The van der Waals surface area contributed by atoms with E-state index in [-0.39, 0.29) is 18.4 Å². The molecule has 2 aliphatic heterocycles. The van der Waals surface area contributed by atoms with Gasteiger partial charge in [-0.3, -0.25) is 4.79 Å². The van der Waals surface area contributed by atoms with Crippen molar-refractivity contribution in [2.24, 2.45) is 5.92 Å². The Morgan fingerprint density at radius 2 is 1.86 bits per heavy atom. The van der Waals surface area contributed by atoms with Crippen LogP contribution >= 0.6 is 0 Å². The van der Waals surface area contributed by atoms with Gasteiger partial charge in [-0.2, -0.15) is 0 Å². The molecule has 2 heterocycles. The lowest BCUT2D eigenvalue weighted by Gasteiger charge is -2.37. The lowest BCUT2D eigenvalue weighted by Crippen LogP contribution is -2.49. The van der Waals surface area contributed by atoms with Gasteiger partial charge in [-0.15, -0.1) is 0 Å². The van der Waals surface area contributed by atoms with Gasteiger partial charge in [0.25, 0.3) is 0 Å². The number of carbonyl (C=O) groups excluding carboxylic acids is 1. The Morgan fingerprint density at radius 3 is 2.43 bits per heavy atom. The third kappa shape index (κ3) is 4.09. The fourth-order valence-electron chi connectivity index (χ4n) is 3.42. The molecule has 2 aliphatic rings. The number of carboxylic acids is 1. The Balaban J connectivity index is 1.82. The lowest BCUT2D eigenvalue weighted by molar-refractivity contribution is -0.138. The van der Waals surface area contributed by atoms with Gasteiger partial charge in [-0.25, -0.2) is 4.79 Å². The fourth-order valence-corrected chi connectivity index (χ4v) is 3.42. The van der Waals surface area contributed by atoms with E-state index < -0.39 is 5.97 Å². The number of piperidine rings is 1. The molecule has 21 heavy (non-hydrogen) atoms. The molecule has 0 aromatic heterocycles. The second-order valence-electron chi connectivity index (χ2n) is 6.26. The second kappa shape index (κ2) is 7.11. The Morgan fingerprint density at radius 1 is 1.19 bits per heavy atom. The van der Waals surface area contributed by atoms with Gasteiger partial charge in [0.2, 0.25) is 0 Å². The molecule has 0 aromatic rings. The molecule has 1 N–H and O–H groups in total. The van der Waals surface area contributed by atoms with Crippen molar-refractivity contribution in [1.82, 2.24) is 14.7 Å². The first-order chi connectivity index (χ1) is 10.0. The Kier molecular flexibility index (Phi) is 5.45. The zero-order valence-electron chi connectivity index (χ0n) is 13.1. The predicted octanol–water partition coefficient (Wildman–Crippen LogP) is 1.32. The van der Waals surface area contributed by atoms with Gasteiger partial charge >= 0.3 is 12.0 Å². The van der Waals surface area contributed by atoms with E-state index in [1.54, 1.807) is 0 Å². The minimum absolute atomic E-state index is 0.0674. The quantitative estimate of drug-likeness (QED) is 0.850. The van der Waals surface area contributed by atoms with E-state index in [1.807, 2.05) is 16.8 Å². The highest BCUT2D eigenvalue weighted by molar-refractivity contribution is 5.75. The highest BCUT2D eigenvalue weighted by Crippen LogP contribution is 2.23. The number of aliphatic carboxylic acids is 1. The predicted molar refractivity (Wildman–Crippen MR) is 80.2 cm³/mol. The molecule has 0 saturated carbocycles. The van der Waals surface area contributed by atoms with Crippen LogP contribution in [0.5, 0.6) is 0 Å². The van der Waals surface area contributed by atoms with Gasteiger partial charge < -0.3 is 19.8 Å². The van der Waals surface area contributed by atoms with Crippen molar-refractivity contribution in [2.45, 2.75) is 38.6 Å². The zero-order chi connectivity index (χ0) is 15.4. The van der Waals surface area contributed by atoms with Crippen LogP contribution in [-0.2, 0) is 4.79 Å². The molecule has 0 radical (unpaired) electrons. The van der Waals surface area contributed by atoms with Gasteiger partial charge in [0.1, 0.15) is 0 Å². The first kappa shape index (κ1) is 16.1. The fraction of sp³-hybridized carbons (Fsp3) is 0.867. The third-order valence-electron chi connectivity index (χ3n) is 4.87. The van der Waals surface area contributed by atoms with Crippen LogP contribution in [-0.4, -0.2) is 77.6 Å². The van der Waals surface area contributed by atoms with Crippen molar-refractivity contribution in [2.75, 3.05) is 39.8 Å². The van der Waals surface area contributed by atoms with Crippen molar-refractivity contribution in [3.63, 3.8) is 0 Å². The van der Waals surface area contributed by atoms with Crippen LogP contribution in [0.3, 0.4) is 0 Å². The number of urea groups is 1. The summed E-state index contributed by atoms with van der Waals surface area (Å²) < 4.78 is 0. The molecule has 2 rings (SSSR count). The van der Waals surface area contributed by atoms with E-state index in [9.17, 15) is 9.59 Å². The summed E-state index contributed by atoms with van der Waals surface area (Å²) in [5, 5.41) is 8.84. The van der Waals surface area contributed by atoms with Crippen LogP contribution in [0.1, 0.15) is 32.6 Å². The highest BCUT2D eigenvalue weighted by atomic mass is 16.4. The van der Waals surface area contributed by atoms with Crippen LogP contribution in [0.4, 0.5) is 4.79 Å². The monoisotopic (exact) mass is 297 g/mol. The Hall–Kier alpha value is -1.30. The van der Waals surface area contributed by atoms with Gasteiger partial charge in [0.05, 0.1) is 0 Å². The maximum absolute atomic E-state index is 12.5. The van der Waals surface area contributed by atoms with E-state index in [2.05, 4.69) is 11.8 Å². The topological polar surface area (TPSA) is 64.1 Å². The Labute approximate surface area is 126 Å². The van der Waals surface area contributed by atoms with Crippen molar-refractivity contribution in [3.05, 3.63) is 0 Å². The summed E-state index contributed by atoms with van der Waals surface area (Å²) in [6.07, 6.45) is 3.04. The molecule has 0 aliphatic carbocycles. The van der Waals surface area contributed by atoms with E-state index >= 15 is 0 Å². The SMILES string of the molecule is CCN1CCC(N(C)C(=O)N2CCC(CC(=O)O)C2)CC1. The average molecular weight is 297 g/mol. The van der Waals surface area contributed by atoms with Crippen molar-refractivity contribution in [1.29, 1.82) is 0 Å². The standard InChI is InChI=1S/C15H27N3O3/c1-3-17-7-5-13(6-8-17)16(2)15(21)18-9-4-12(11-18)10-14(19)20/h12-13H,3-11H2,1-2H3,(H,19,20). The molecule has 120 valence electrons. The van der Waals surface area contributed by atoms with E-state index in [4.69, 9.17) is 5.11 Å². The van der Waals surface area contributed by atoms with Gasteiger partial charge in [0.15, 0.2) is 0 Å². The summed E-state index contributed by atoms with van der Waals surface area (Å²) in [7, 11) is 1.89. The number of hydrogen-bond donors (Lipinski definition) is 1. The second-order valence-corrected chi connectivity index (χ2v) is 6.26. The molecule has 1 unspecified atom stereocenters. The zero-order valence-corrected chi connectivity index (χ0v) is 13.1. The van der Waals surface area contributed by atoms with Crippen LogP contribution in [0.2, 0.25) is 0 Å². The van der Waals surface area contributed by atoms with Gasteiger partial charge in [0, 0.05) is 45.7 Å². The van der Waals surface area contributed by atoms with Crippen LogP contribution in [0, 0.1) is 5.92 Å². The summed E-state index contributed by atoms with van der Waals surface area (Å²) in [5.41, 5.74) is 0. The van der Waals surface area contributed by atoms with Crippen LogP contribution in [0.15, 0.2) is 0 Å². The number of amides is 2. The smallest absolute Gasteiger partial charge is 0.320 e. The van der Waals surface area contributed by atoms with E-state index in [1.165, 1.54) is 0 Å². The normalized spacial score (nSPS) is 24.3. The molecule has 2 amide bonds. The molecule has 2 saturated heterocycles. The molecular formula is C15H27N3O3. The van der Waals surface area contributed by atoms with Crippen LogP contribution < -0.4 is 0 Å². The molecule has 0 spiro atoms. The highest BCUT2D eigenvalue weighted by Gasteiger charge is 2.32. The maximum Gasteiger partial charge on any atom is 0.320 e. The summed E-state index contributed by atoms with van der Waals surface area (Å²) in [4.78, 5) is 29.4. The number of carbonyl (C=O) groups is 2. The largest absolute Gasteiger partial charge is 0.481 e. The summed E-state index contributed by atoms with van der Waals surface area (Å²) in [6.45, 7) is 6.63. The molecule has 6 heteroatoms. The molecule has 0 aromatic carbocycles. The summed E-state index contributed by atoms with van der Waals surface area (Å²) >= 11 is 0. The first-order valence-corrected chi connectivity index (χ1v) is 7.97. The van der Waals surface area contributed by atoms with E-state index in [0.717, 1.165) is 38.9 Å². The third-order valence-corrected chi connectivity index (χ3v) is 4.87. The lowest BCUT2D eigenvalue weighted by atomic mass is 10.0. The number of likely N-dealkylation sites (tertiary alicyclic amines) is 2. The van der Waals surface area contributed by atoms with Crippen molar-refractivity contribution >= 4 is 12.0 Å². The summed E-state index contributed by atoms with van der Waals surface area (Å²) in [6, 6.07) is 0.386. The minimum Gasteiger partial charge on any atom is -0.481 e.